The standard InChI is InChI=1S/C12H16BrClFNO/c1-8(2)16-4-3-5-17-12-7-11(15)10(14)6-9(12)13/h6-8,16H,3-5H2,1-2H3. The van der Waals surface area contributed by atoms with Gasteiger partial charge in [-0.25, -0.2) is 4.39 Å². The molecule has 0 aromatic heterocycles. The maximum absolute atomic E-state index is 13.2. The van der Waals surface area contributed by atoms with Gasteiger partial charge in [0.1, 0.15) is 11.6 Å². The van der Waals surface area contributed by atoms with Crippen molar-refractivity contribution >= 4 is 27.5 Å². The largest absolute Gasteiger partial charge is 0.492 e. The molecule has 0 spiro atoms. The van der Waals surface area contributed by atoms with Gasteiger partial charge in [0.15, 0.2) is 0 Å². The molecule has 0 fully saturated rings. The van der Waals surface area contributed by atoms with Crippen LogP contribution in [0.4, 0.5) is 4.39 Å². The average Bonchev–Trinajstić information content (AvgIpc) is 2.24. The number of nitrogens with one attached hydrogen (secondary N) is 1. The Labute approximate surface area is 115 Å². The highest BCUT2D eigenvalue weighted by molar-refractivity contribution is 9.10. The molecule has 0 bridgehead atoms. The van der Waals surface area contributed by atoms with Gasteiger partial charge in [-0.2, -0.15) is 0 Å². The molecule has 5 heteroatoms. The van der Waals surface area contributed by atoms with Crippen molar-refractivity contribution in [2.24, 2.45) is 0 Å². The van der Waals surface area contributed by atoms with Crippen molar-refractivity contribution in [2.75, 3.05) is 13.2 Å². The minimum Gasteiger partial charge on any atom is -0.492 e. The van der Waals surface area contributed by atoms with Crippen molar-refractivity contribution < 1.29 is 9.13 Å². The van der Waals surface area contributed by atoms with Gasteiger partial charge >= 0.3 is 0 Å². The Hall–Kier alpha value is -0.320. The monoisotopic (exact) mass is 323 g/mol. The van der Waals surface area contributed by atoms with E-state index in [1.165, 1.54) is 12.1 Å². The van der Waals surface area contributed by atoms with Gasteiger partial charge in [0.05, 0.1) is 16.1 Å². The zero-order valence-corrected chi connectivity index (χ0v) is 12.2. The van der Waals surface area contributed by atoms with Crippen molar-refractivity contribution in [1.29, 1.82) is 0 Å². The normalized spacial score (nSPS) is 10.9. The van der Waals surface area contributed by atoms with Gasteiger partial charge in [0, 0.05) is 12.1 Å². The predicted molar refractivity (Wildman–Crippen MR) is 72.4 cm³/mol. The lowest BCUT2D eigenvalue weighted by atomic mass is 10.3. The summed E-state index contributed by atoms with van der Waals surface area (Å²) < 4.78 is 19.3. The second kappa shape index (κ2) is 7.19. The first-order valence-corrected chi connectivity index (χ1v) is 6.68. The van der Waals surface area contributed by atoms with E-state index in [0.717, 1.165) is 13.0 Å². The Morgan fingerprint density at radius 1 is 1.47 bits per heavy atom. The molecule has 1 aromatic rings. The van der Waals surface area contributed by atoms with Gasteiger partial charge in [-0.15, -0.1) is 0 Å². The Kier molecular flexibility index (Phi) is 6.23. The van der Waals surface area contributed by atoms with Gasteiger partial charge in [0.2, 0.25) is 0 Å². The van der Waals surface area contributed by atoms with E-state index in [9.17, 15) is 4.39 Å². The maximum Gasteiger partial charge on any atom is 0.145 e. The smallest absolute Gasteiger partial charge is 0.145 e. The summed E-state index contributed by atoms with van der Waals surface area (Å²) in [5.74, 6) is 0.0154. The minimum atomic E-state index is -0.467. The van der Waals surface area contributed by atoms with Crippen LogP contribution >= 0.6 is 27.5 Å². The minimum absolute atomic E-state index is 0.0886. The molecule has 0 unspecified atom stereocenters. The quantitative estimate of drug-likeness (QED) is 0.630. The first-order chi connectivity index (χ1) is 8.00. The van der Waals surface area contributed by atoms with Gasteiger partial charge in [0.25, 0.3) is 0 Å². The van der Waals surface area contributed by atoms with Crippen molar-refractivity contribution in [3.63, 3.8) is 0 Å². The summed E-state index contributed by atoms with van der Waals surface area (Å²) in [7, 11) is 0. The van der Waals surface area contributed by atoms with Gasteiger partial charge in [-0.05, 0) is 35.0 Å². The Balaban J connectivity index is 2.39. The lowest BCUT2D eigenvalue weighted by Gasteiger charge is -2.10. The molecule has 96 valence electrons. The van der Waals surface area contributed by atoms with E-state index in [0.29, 0.717) is 22.9 Å². The van der Waals surface area contributed by atoms with Crippen molar-refractivity contribution in [3.8, 4) is 5.75 Å². The lowest BCUT2D eigenvalue weighted by molar-refractivity contribution is 0.303. The summed E-state index contributed by atoms with van der Waals surface area (Å²) in [5.41, 5.74) is 0. The summed E-state index contributed by atoms with van der Waals surface area (Å²) in [6, 6.07) is 3.26. The molecule has 0 radical (unpaired) electrons. The molecule has 0 saturated heterocycles. The fourth-order valence-corrected chi connectivity index (χ4v) is 2.01. The molecular weight excluding hydrogens is 308 g/mol. The second-order valence-electron chi connectivity index (χ2n) is 4.01. The second-order valence-corrected chi connectivity index (χ2v) is 5.27. The molecular formula is C12H16BrClFNO. The molecule has 0 aliphatic carbocycles. The fourth-order valence-electron chi connectivity index (χ4n) is 1.26. The average molecular weight is 325 g/mol. The fraction of sp³-hybridized carbons (Fsp3) is 0.500. The van der Waals surface area contributed by atoms with Gasteiger partial charge in [-0.3, -0.25) is 0 Å². The zero-order valence-electron chi connectivity index (χ0n) is 9.90. The lowest BCUT2D eigenvalue weighted by Crippen LogP contribution is -2.24. The van der Waals surface area contributed by atoms with E-state index in [1.807, 2.05) is 0 Å². The Morgan fingerprint density at radius 3 is 2.82 bits per heavy atom. The molecule has 17 heavy (non-hydrogen) atoms. The molecule has 0 saturated carbocycles. The number of benzene rings is 1. The molecule has 2 nitrogen and oxygen atoms in total. The number of hydrogen-bond donors (Lipinski definition) is 1. The molecule has 0 atom stereocenters. The third-order valence-corrected chi connectivity index (χ3v) is 3.02. The topological polar surface area (TPSA) is 21.3 Å². The molecule has 0 aliphatic heterocycles. The highest BCUT2D eigenvalue weighted by Gasteiger charge is 2.07. The third kappa shape index (κ3) is 5.23. The third-order valence-electron chi connectivity index (χ3n) is 2.11. The summed E-state index contributed by atoms with van der Waals surface area (Å²) in [6.07, 6.45) is 0.870. The molecule has 0 heterocycles. The van der Waals surface area contributed by atoms with Crippen LogP contribution in [0.15, 0.2) is 16.6 Å². The van der Waals surface area contributed by atoms with Crippen LogP contribution in [0.3, 0.4) is 0 Å². The van der Waals surface area contributed by atoms with Gasteiger partial charge in [-0.1, -0.05) is 25.4 Å². The van der Waals surface area contributed by atoms with Crippen LogP contribution in [0, 0.1) is 5.82 Å². The zero-order chi connectivity index (χ0) is 12.8. The molecule has 0 amide bonds. The van der Waals surface area contributed by atoms with E-state index in [4.69, 9.17) is 16.3 Å². The molecule has 1 rings (SSSR count). The SMILES string of the molecule is CC(C)NCCCOc1cc(F)c(Cl)cc1Br. The summed E-state index contributed by atoms with van der Waals surface area (Å²) in [5, 5.41) is 3.37. The van der Waals surface area contributed by atoms with Crippen molar-refractivity contribution in [1.82, 2.24) is 5.32 Å². The summed E-state index contributed by atoms with van der Waals surface area (Å²) in [6.45, 7) is 5.60. The Bertz CT molecular complexity index is 374. The highest BCUT2D eigenvalue weighted by Crippen LogP contribution is 2.30. The first kappa shape index (κ1) is 14.7. The molecule has 1 aromatic carbocycles. The summed E-state index contributed by atoms with van der Waals surface area (Å²) in [4.78, 5) is 0. The summed E-state index contributed by atoms with van der Waals surface area (Å²) >= 11 is 8.92. The number of hydrogen-bond acceptors (Lipinski definition) is 2. The van der Waals surface area contributed by atoms with E-state index in [1.54, 1.807) is 0 Å². The number of ether oxygens (including phenoxy) is 1. The van der Waals surface area contributed by atoms with E-state index < -0.39 is 5.82 Å². The van der Waals surface area contributed by atoms with Crippen molar-refractivity contribution in [3.05, 3.63) is 27.4 Å². The molecule has 0 aliphatic rings. The van der Waals surface area contributed by atoms with E-state index in [-0.39, 0.29) is 5.02 Å². The van der Waals surface area contributed by atoms with Crippen LogP contribution in [0.25, 0.3) is 0 Å². The van der Waals surface area contributed by atoms with Crippen LogP contribution in [0.5, 0.6) is 5.75 Å². The number of halogens is 3. The van der Waals surface area contributed by atoms with Gasteiger partial charge < -0.3 is 10.1 Å². The Morgan fingerprint density at radius 2 is 2.18 bits per heavy atom. The van der Waals surface area contributed by atoms with Crippen molar-refractivity contribution in [2.45, 2.75) is 26.3 Å². The van der Waals surface area contributed by atoms with Crippen LogP contribution < -0.4 is 10.1 Å². The first-order valence-electron chi connectivity index (χ1n) is 5.51. The number of rotatable bonds is 6. The maximum atomic E-state index is 13.2. The van der Waals surface area contributed by atoms with E-state index in [2.05, 4.69) is 35.1 Å². The van der Waals surface area contributed by atoms with E-state index >= 15 is 0 Å². The van der Waals surface area contributed by atoms with Crippen LogP contribution in [0.2, 0.25) is 5.02 Å². The highest BCUT2D eigenvalue weighted by atomic mass is 79.9. The van der Waals surface area contributed by atoms with Crippen LogP contribution in [0.1, 0.15) is 20.3 Å². The van der Waals surface area contributed by atoms with Crippen LogP contribution in [-0.2, 0) is 0 Å². The molecule has 1 N–H and O–H groups in total. The predicted octanol–water partition coefficient (Wildman–Crippen LogP) is 4.01. The van der Waals surface area contributed by atoms with Crippen LogP contribution in [-0.4, -0.2) is 19.2 Å².